The first-order valence-corrected chi connectivity index (χ1v) is 5.29. The number of hydrogen-bond donors (Lipinski definition) is 3. The summed E-state index contributed by atoms with van der Waals surface area (Å²) in [6.07, 6.45) is 3.87. The van der Waals surface area contributed by atoms with Gasteiger partial charge in [-0.05, 0) is 18.8 Å². The van der Waals surface area contributed by atoms with Gasteiger partial charge >= 0.3 is 0 Å². The number of hydrazine groups is 1. The lowest BCUT2D eigenvalue weighted by Gasteiger charge is -2.16. The monoisotopic (exact) mass is 211 g/mol. The number of nitrogens with zero attached hydrogens (tertiary/aromatic N) is 2. The maximum atomic E-state index is 5.89. The lowest BCUT2D eigenvalue weighted by molar-refractivity contribution is 0.449. The predicted molar refractivity (Wildman–Crippen MR) is 61.8 cm³/mol. The third kappa shape index (κ3) is 2.94. The number of aryl methyl sites for hydroxylation is 1. The van der Waals surface area contributed by atoms with Crippen LogP contribution >= 0.6 is 0 Å². The first-order valence-electron chi connectivity index (χ1n) is 5.29. The summed E-state index contributed by atoms with van der Waals surface area (Å²) in [5.41, 5.74) is 9.67. The van der Waals surface area contributed by atoms with Crippen LogP contribution in [0.4, 0.5) is 5.82 Å². The van der Waals surface area contributed by atoms with E-state index in [1.807, 2.05) is 7.05 Å². The molecule has 0 aliphatic rings. The molecule has 1 unspecified atom stereocenters. The second-order valence-electron chi connectivity index (χ2n) is 4.30. The average molecular weight is 211 g/mol. The Morgan fingerprint density at radius 1 is 1.47 bits per heavy atom. The van der Waals surface area contributed by atoms with Crippen LogP contribution in [0, 0.1) is 5.92 Å². The Balaban J connectivity index is 2.70. The molecule has 0 bridgehead atoms. The minimum Gasteiger partial charge on any atom is -0.384 e. The van der Waals surface area contributed by atoms with Crippen molar-refractivity contribution in [1.29, 1.82) is 0 Å². The number of aromatic nitrogens is 2. The molecular weight excluding hydrogens is 190 g/mol. The Labute approximate surface area is 90.8 Å². The third-order valence-electron chi connectivity index (χ3n) is 2.62. The predicted octanol–water partition coefficient (Wildman–Crippen LogP) is 0.943. The SMILES string of the molecule is CC(C)CCC(NN)c1cnn(C)c1N. The van der Waals surface area contributed by atoms with Gasteiger partial charge in [0, 0.05) is 12.6 Å². The Morgan fingerprint density at radius 3 is 2.53 bits per heavy atom. The molecule has 0 amide bonds. The number of nitrogens with one attached hydrogen (secondary N) is 1. The standard InChI is InChI=1S/C10H21N5/c1-7(2)4-5-9(14-12)8-6-13-15(3)10(8)11/h6-7,9,14H,4-5,11-12H2,1-3H3. The second-order valence-corrected chi connectivity index (χ2v) is 4.30. The summed E-state index contributed by atoms with van der Waals surface area (Å²) in [5.74, 6) is 6.87. The summed E-state index contributed by atoms with van der Waals surface area (Å²) >= 11 is 0. The van der Waals surface area contributed by atoms with Crippen LogP contribution in [0.25, 0.3) is 0 Å². The molecule has 0 aliphatic heterocycles. The fraction of sp³-hybridized carbons (Fsp3) is 0.700. The minimum absolute atomic E-state index is 0.0982. The molecular formula is C10H21N5. The van der Waals surface area contributed by atoms with Crippen molar-refractivity contribution in [3.63, 3.8) is 0 Å². The van der Waals surface area contributed by atoms with Crippen LogP contribution in [0.1, 0.15) is 38.3 Å². The summed E-state index contributed by atoms with van der Waals surface area (Å²) in [6, 6.07) is 0.0982. The molecule has 0 radical (unpaired) electrons. The van der Waals surface area contributed by atoms with Crippen molar-refractivity contribution in [1.82, 2.24) is 15.2 Å². The highest BCUT2D eigenvalue weighted by molar-refractivity contribution is 5.40. The summed E-state index contributed by atoms with van der Waals surface area (Å²) in [6.45, 7) is 4.39. The third-order valence-corrected chi connectivity index (χ3v) is 2.62. The molecule has 1 rings (SSSR count). The second kappa shape index (κ2) is 5.14. The number of rotatable bonds is 5. The van der Waals surface area contributed by atoms with Gasteiger partial charge < -0.3 is 5.73 Å². The van der Waals surface area contributed by atoms with E-state index in [1.54, 1.807) is 10.9 Å². The van der Waals surface area contributed by atoms with Gasteiger partial charge in [-0.3, -0.25) is 16.0 Å². The Kier molecular flexibility index (Phi) is 4.11. The fourth-order valence-electron chi connectivity index (χ4n) is 1.56. The van der Waals surface area contributed by atoms with E-state index in [1.165, 1.54) is 0 Å². The molecule has 15 heavy (non-hydrogen) atoms. The lowest BCUT2D eigenvalue weighted by Crippen LogP contribution is -2.28. The van der Waals surface area contributed by atoms with Crippen molar-refractivity contribution in [2.75, 3.05) is 5.73 Å². The zero-order chi connectivity index (χ0) is 11.4. The summed E-state index contributed by atoms with van der Waals surface area (Å²) in [5, 5.41) is 4.11. The number of nitrogens with two attached hydrogens (primary N) is 2. The van der Waals surface area contributed by atoms with Crippen molar-refractivity contribution in [2.24, 2.45) is 18.8 Å². The Morgan fingerprint density at radius 2 is 2.13 bits per heavy atom. The molecule has 0 spiro atoms. The summed E-state index contributed by atoms with van der Waals surface area (Å²) in [7, 11) is 1.83. The first kappa shape index (κ1) is 12.0. The maximum absolute atomic E-state index is 5.89. The largest absolute Gasteiger partial charge is 0.384 e. The highest BCUT2D eigenvalue weighted by Crippen LogP contribution is 2.24. The van der Waals surface area contributed by atoms with Gasteiger partial charge in [0.25, 0.3) is 0 Å². The molecule has 0 fully saturated rings. The minimum atomic E-state index is 0.0982. The molecule has 0 saturated carbocycles. The Bertz CT molecular complexity index is 305. The van der Waals surface area contributed by atoms with Gasteiger partial charge in [0.1, 0.15) is 5.82 Å². The molecule has 1 aromatic rings. The molecule has 5 N–H and O–H groups in total. The van der Waals surface area contributed by atoms with Gasteiger partial charge in [-0.1, -0.05) is 13.8 Å². The van der Waals surface area contributed by atoms with Crippen LogP contribution in [0.3, 0.4) is 0 Å². The van der Waals surface area contributed by atoms with Gasteiger partial charge in [0.15, 0.2) is 0 Å². The first-order chi connectivity index (χ1) is 7.06. The van der Waals surface area contributed by atoms with Gasteiger partial charge in [0.05, 0.1) is 12.2 Å². The zero-order valence-corrected chi connectivity index (χ0v) is 9.70. The van der Waals surface area contributed by atoms with E-state index in [0.29, 0.717) is 11.7 Å². The van der Waals surface area contributed by atoms with Gasteiger partial charge in [0.2, 0.25) is 0 Å². The molecule has 1 atom stereocenters. The van der Waals surface area contributed by atoms with Crippen molar-refractivity contribution in [2.45, 2.75) is 32.7 Å². The normalized spacial score (nSPS) is 13.4. The van der Waals surface area contributed by atoms with E-state index >= 15 is 0 Å². The van der Waals surface area contributed by atoms with Crippen LogP contribution in [0.5, 0.6) is 0 Å². The fourth-order valence-corrected chi connectivity index (χ4v) is 1.56. The van der Waals surface area contributed by atoms with Crippen molar-refractivity contribution in [3.05, 3.63) is 11.8 Å². The van der Waals surface area contributed by atoms with Crippen molar-refractivity contribution < 1.29 is 0 Å². The molecule has 1 aromatic heterocycles. The average Bonchev–Trinajstić information content (AvgIpc) is 2.50. The number of anilines is 1. The molecule has 5 nitrogen and oxygen atoms in total. The smallest absolute Gasteiger partial charge is 0.126 e. The highest BCUT2D eigenvalue weighted by atomic mass is 15.3. The van der Waals surface area contributed by atoms with Gasteiger partial charge in [-0.2, -0.15) is 5.10 Å². The molecule has 0 saturated heterocycles. The van der Waals surface area contributed by atoms with E-state index < -0.39 is 0 Å². The summed E-state index contributed by atoms with van der Waals surface area (Å²) in [4.78, 5) is 0. The van der Waals surface area contributed by atoms with Crippen molar-refractivity contribution in [3.8, 4) is 0 Å². The highest BCUT2D eigenvalue weighted by Gasteiger charge is 2.16. The maximum Gasteiger partial charge on any atom is 0.126 e. The lowest BCUT2D eigenvalue weighted by atomic mass is 10.00. The molecule has 1 heterocycles. The van der Waals surface area contributed by atoms with Crippen LogP contribution < -0.4 is 17.0 Å². The van der Waals surface area contributed by atoms with E-state index in [0.717, 1.165) is 18.4 Å². The zero-order valence-electron chi connectivity index (χ0n) is 9.70. The van der Waals surface area contributed by atoms with Crippen LogP contribution in [0.2, 0.25) is 0 Å². The van der Waals surface area contributed by atoms with E-state index in [2.05, 4.69) is 24.4 Å². The summed E-state index contributed by atoms with van der Waals surface area (Å²) < 4.78 is 1.66. The Hall–Kier alpha value is -1.07. The van der Waals surface area contributed by atoms with Crippen molar-refractivity contribution >= 4 is 5.82 Å². The number of hydrogen-bond acceptors (Lipinski definition) is 4. The van der Waals surface area contributed by atoms with E-state index in [4.69, 9.17) is 11.6 Å². The van der Waals surface area contributed by atoms with Crippen LogP contribution in [-0.2, 0) is 7.05 Å². The van der Waals surface area contributed by atoms with E-state index in [9.17, 15) is 0 Å². The quantitative estimate of drug-likeness (QED) is 0.500. The van der Waals surface area contributed by atoms with E-state index in [-0.39, 0.29) is 6.04 Å². The topological polar surface area (TPSA) is 81.9 Å². The van der Waals surface area contributed by atoms with Crippen LogP contribution in [-0.4, -0.2) is 9.78 Å². The van der Waals surface area contributed by atoms with Gasteiger partial charge in [-0.15, -0.1) is 0 Å². The molecule has 0 aliphatic carbocycles. The van der Waals surface area contributed by atoms with Crippen LogP contribution in [0.15, 0.2) is 6.20 Å². The van der Waals surface area contributed by atoms with Gasteiger partial charge in [-0.25, -0.2) is 0 Å². The molecule has 0 aromatic carbocycles. The number of nitrogen functional groups attached to an aromatic ring is 1. The molecule has 86 valence electrons. The molecule has 5 heteroatoms.